The van der Waals surface area contributed by atoms with Crippen LogP contribution in [0.2, 0.25) is 0 Å². The molecule has 0 saturated heterocycles. The van der Waals surface area contributed by atoms with Gasteiger partial charge in [-0.1, -0.05) is 83.5 Å². The third kappa shape index (κ3) is 6.60. The molecule has 1 aliphatic rings. The summed E-state index contributed by atoms with van der Waals surface area (Å²) in [6.07, 6.45) is 11.1. The highest BCUT2D eigenvalue weighted by atomic mass is 32.1. The number of nitrogens with zero attached hydrogens (tertiary/aromatic N) is 1. The monoisotopic (exact) mass is 339 g/mol. The summed E-state index contributed by atoms with van der Waals surface area (Å²) in [7, 11) is 0. The maximum Gasteiger partial charge on any atom is 0.113 e. The predicted molar refractivity (Wildman–Crippen MR) is 105 cm³/mol. The van der Waals surface area contributed by atoms with Gasteiger partial charge in [-0.15, -0.1) is 0 Å². The zero-order valence-corrected chi connectivity index (χ0v) is 16.7. The van der Waals surface area contributed by atoms with Gasteiger partial charge >= 0.3 is 0 Å². The van der Waals surface area contributed by atoms with Crippen LogP contribution >= 0.6 is 12.6 Å². The van der Waals surface area contributed by atoms with Crippen molar-refractivity contribution in [3.05, 3.63) is 16.6 Å². The number of hydrogen-bond acceptors (Lipinski definition) is 3. The Bertz CT molecular complexity index is 382. The molecule has 134 valence electrons. The largest absolute Gasteiger partial charge is 0.171 e. The molecule has 6 unspecified atom stereocenters. The Morgan fingerprint density at radius 1 is 1.09 bits per heavy atom. The predicted octanol–water partition coefficient (Wildman–Crippen LogP) is 6.65. The zero-order valence-electron chi connectivity index (χ0n) is 15.8. The number of rotatable bonds is 10. The minimum absolute atomic E-state index is 0.159. The molecule has 0 saturated carbocycles. The first-order valence-electron chi connectivity index (χ1n) is 9.61. The maximum absolute atomic E-state index is 11.0. The molecule has 0 radical (unpaired) electrons. The molecule has 0 bridgehead atoms. The van der Waals surface area contributed by atoms with Crippen LogP contribution in [-0.2, 0) is 0 Å². The Hall–Kier alpha value is -0.310. The lowest BCUT2D eigenvalue weighted by atomic mass is 9.77. The first-order valence-corrected chi connectivity index (χ1v) is 10.1. The average Bonchev–Trinajstić information content (AvgIpc) is 2.52. The molecule has 0 aromatic rings. The SMILES string of the molecule is CCCC(C)CCCC(C)CCC1=CC(N=O)C(C)C(C)C1S. The molecule has 0 aromatic carbocycles. The van der Waals surface area contributed by atoms with Crippen molar-refractivity contribution in [2.75, 3.05) is 0 Å². The van der Waals surface area contributed by atoms with Gasteiger partial charge in [0.25, 0.3) is 0 Å². The summed E-state index contributed by atoms with van der Waals surface area (Å²) in [5.74, 6) is 2.35. The van der Waals surface area contributed by atoms with Gasteiger partial charge in [0.2, 0.25) is 0 Å². The van der Waals surface area contributed by atoms with E-state index in [1.807, 2.05) is 0 Å². The minimum atomic E-state index is -0.159. The van der Waals surface area contributed by atoms with Crippen LogP contribution < -0.4 is 0 Å². The lowest BCUT2D eigenvalue weighted by molar-refractivity contribution is 0.334. The van der Waals surface area contributed by atoms with Crippen LogP contribution in [0.15, 0.2) is 16.8 Å². The summed E-state index contributed by atoms with van der Waals surface area (Å²) in [4.78, 5) is 11.0. The second-order valence-corrected chi connectivity index (χ2v) is 8.53. The van der Waals surface area contributed by atoms with E-state index in [4.69, 9.17) is 12.6 Å². The van der Waals surface area contributed by atoms with E-state index >= 15 is 0 Å². The molecule has 0 heterocycles. The van der Waals surface area contributed by atoms with E-state index in [9.17, 15) is 4.91 Å². The summed E-state index contributed by atoms with van der Waals surface area (Å²) in [5, 5.41) is 3.61. The van der Waals surface area contributed by atoms with E-state index in [0.29, 0.717) is 17.1 Å². The van der Waals surface area contributed by atoms with Crippen LogP contribution in [0.25, 0.3) is 0 Å². The van der Waals surface area contributed by atoms with Crippen LogP contribution in [0.3, 0.4) is 0 Å². The average molecular weight is 340 g/mol. The second-order valence-electron chi connectivity index (χ2n) is 7.97. The van der Waals surface area contributed by atoms with Gasteiger partial charge in [-0.3, -0.25) is 0 Å². The number of hydrogen-bond donors (Lipinski definition) is 1. The molecule has 0 aliphatic heterocycles. The maximum atomic E-state index is 11.0. The summed E-state index contributed by atoms with van der Waals surface area (Å²) >= 11 is 4.80. The molecule has 0 amide bonds. The van der Waals surface area contributed by atoms with Gasteiger partial charge in [0, 0.05) is 5.25 Å². The number of thiol groups is 1. The van der Waals surface area contributed by atoms with E-state index in [2.05, 4.69) is 45.9 Å². The fraction of sp³-hybridized carbons (Fsp3) is 0.900. The molecule has 0 aromatic heterocycles. The molecule has 3 heteroatoms. The van der Waals surface area contributed by atoms with Crippen LogP contribution in [0.4, 0.5) is 0 Å². The molecule has 23 heavy (non-hydrogen) atoms. The Labute approximate surface area is 149 Å². The smallest absolute Gasteiger partial charge is 0.113 e. The fourth-order valence-electron chi connectivity index (χ4n) is 3.77. The van der Waals surface area contributed by atoms with Crippen molar-refractivity contribution in [2.45, 2.75) is 90.9 Å². The van der Waals surface area contributed by atoms with Gasteiger partial charge in [-0.25, -0.2) is 0 Å². The Morgan fingerprint density at radius 2 is 1.70 bits per heavy atom. The molecule has 0 spiro atoms. The highest BCUT2D eigenvalue weighted by Crippen LogP contribution is 2.37. The van der Waals surface area contributed by atoms with Crippen molar-refractivity contribution in [2.24, 2.45) is 28.8 Å². The van der Waals surface area contributed by atoms with E-state index in [-0.39, 0.29) is 6.04 Å². The van der Waals surface area contributed by atoms with Crippen LogP contribution in [0.5, 0.6) is 0 Å². The normalized spacial score (nSPS) is 30.6. The highest BCUT2D eigenvalue weighted by Gasteiger charge is 2.33. The fourth-order valence-corrected chi connectivity index (χ4v) is 4.26. The Morgan fingerprint density at radius 3 is 2.26 bits per heavy atom. The minimum Gasteiger partial charge on any atom is -0.171 e. The van der Waals surface area contributed by atoms with Crippen molar-refractivity contribution in [3.63, 3.8) is 0 Å². The summed E-state index contributed by atoms with van der Waals surface area (Å²) in [6, 6.07) is -0.159. The quantitative estimate of drug-likeness (QED) is 0.269. The second kappa shape index (κ2) is 10.5. The molecule has 6 atom stereocenters. The third-order valence-corrected chi connectivity index (χ3v) is 6.66. The van der Waals surface area contributed by atoms with Crippen LogP contribution in [0, 0.1) is 28.6 Å². The highest BCUT2D eigenvalue weighted by molar-refractivity contribution is 7.81. The van der Waals surface area contributed by atoms with Crippen molar-refractivity contribution in [1.29, 1.82) is 0 Å². The van der Waals surface area contributed by atoms with Gasteiger partial charge < -0.3 is 0 Å². The van der Waals surface area contributed by atoms with Crippen molar-refractivity contribution < 1.29 is 0 Å². The van der Waals surface area contributed by atoms with Crippen LogP contribution in [0.1, 0.15) is 79.6 Å². The molecular formula is C20H37NOS. The zero-order chi connectivity index (χ0) is 17.4. The Kier molecular flexibility index (Phi) is 9.50. The standard InChI is InChI=1S/C20H37NOS/c1-6-8-14(2)9-7-10-15(3)11-12-18-13-19(21-22)16(4)17(5)20(18)23/h13-17,19-20,23H,6-12H2,1-5H3. The van der Waals surface area contributed by atoms with E-state index in [0.717, 1.165) is 18.3 Å². The molecule has 1 rings (SSSR count). The first kappa shape index (κ1) is 20.7. The molecule has 0 fully saturated rings. The van der Waals surface area contributed by atoms with Crippen molar-refractivity contribution in [3.8, 4) is 0 Å². The van der Waals surface area contributed by atoms with Crippen molar-refractivity contribution in [1.82, 2.24) is 0 Å². The van der Waals surface area contributed by atoms with Crippen LogP contribution in [-0.4, -0.2) is 11.3 Å². The van der Waals surface area contributed by atoms with Gasteiger partial charge in [-0.05, 0) is 36.5 Å². The van der Waals surface area contributed by atoms with Gasteiger partial charge in [0.05, 0.1) is 0 Å². The lowest BCUT2D eigenvalue weighted by Gasteiger charge is -2.34. The third-order valence-electron chi connectivity index (χ3n) is 5.85. The summed E-state index contributed by atoms with van der Waals surface area (Å²) < 4.78 is 0. The number of nitroso groups, excluding NO2 is 1. The topological polar surface area (TPSA) is 29.4 Å². The summed E-state index contributed by atoms with van der Waals surface area (Å²) in [6.45, 7) is 11.3. The van der Waals surface area contributed by atoms with Crippen molar-refractivity contribution >= 4 is 12.6 Å². The lowest BCUT2D eigenvalue weighted by Crippen LogP contribution is -2.33. The van der Waals surface area contributed by atoms with E-state index in [1.165, 1.54) is 44.1 Å². The molecule has 2 nitrogen and oxygen atoms in total. The van der Waals surface area contributed by atoms with Gasteiger partial charge in [-0.2, -0.15) is 17.5 Å². The molecule has 1 aliphatic carbocycles. The van der Waals surface area contributed by atoms with Gasteiger partial charge in [0.15, 0.2) is 0 Å². The molecular weight excluding hydrogens is 302 g/mol. The Balaban J connectivity index is 2.39. The van der Waals surface area contributed by atoms with E-state index in [1.54, 1.807) is 0 Å². The van der Waals surface area contributed by atoms with Gasteiger partial charge in [0.1, 0.15) is 6.04 Å². The van der Waals surface area contributed by atoms with E-state index < -0.39 is 0 Å². The first-order chi connectivity index (χ1) is 10.9. The molecule has 0 N–H and O–H groups in total. The summed E-state index contributed by atoms with van der Waals surface area (Å²) in [5.41, 5.74) is 1.34.